The van der Waals surface area contributed by atoms with Crippen molar-refractivity contribution in [1.29, 1.82) is 0 Å². The molecule has 0 unspecified atom stereocenters. The number of allylic oxidation sites excluding steroid dienone is 5. The minimum Gasteiger partial charge on any atom is -0.607 e. The number of hydrogen-bond donors (Lipinski definition) is 0. The van der Waals surface area contributed by atoms with Crippen LogP contribution in [0.25, 0.3) is 21.8 Å². The van der Waals surface area contributed by atoms with E-state index >= 15 is 0 Å². The Bertz CT molecular complexity index is 1300. The zero-order chi connectivity index (χ0) is 23.4. The van der Waals surface area contributed by atoms with E-state index in [2.05, 4.69) is 38.6 Å². The van der Waals surface area contributed by atoms with E-state index in [1.165, 1.54) is 5.57 Å². The van der Waals surface area contributed by atoms with Crippen molar-refractivity contribution in [3.05, 3.63) is 107 Å². The van der Waals surface area contributed by atoms with Gasteiger partial charge in [0.05, 0.1) is 0 Å². The van der Waals surface area contributed by atoms with Gasteiger partial charge in [-0.25, -0.2) is 9.97 Å². The van der Waals surface area contributed by atoms with Gasteiger partial charge in [-0.1, -0.05) is 66.8 Å². The summed E-state index contributed by atoms with van der Waals surface area (Å²) in [6, 6.07) is 20.1. The highest BCUT2D eigenvalue weighted by molar-refractivity contribution is 6.56. The van der Waals surface area contributed by atoms with Crippen LogP contribution in [0.2, 0.25) is 0 Å². The van der Waals surface area contributed by atoms with Crippen molar-refractivity contribution < 1.29 is 7.58 Å². The summed E-state index contributed by atoms with van der Waals surface area (Å²) in [6.45, 7) is 12.1. The summed E-state index contributed by atoms with van der Waals surface area (Å²) in [5.41, 5.74) is 4.73. The van der Waals surface area contributed by atoms with Crippen molar-refractivity contribution in [2.24, 2.45) is 0 Å². The lowest BCUT2D eigenvalue weighted by molar-refractivity contribution is 0.439. The molecule has 0 spiro atoms. The normalized spacial score (nSPS) is 11.3. The minimum absolute atomic E-state index is 0.710. The van der Waals surface area contributed by atoms with Gasteiger partial charge in [-0.15, -0.1) is 0 Å². The van der Waals surface area contributed by atoms with E-state index in [4.69, 9.17) is 17.5 Å². The lowest BCUT2D eigenvalue weighted by Crippen LogP contribution is -2.32. The number of aromatic nitrogens is 2. The second-order valence-electron chi connectivity index (χ2n) is 8.24. The summed E-state index contributed by atoms with van der Waals surface area (Å²) in [6.07, 6.45) is 5.91. The Morgan fingerprint density at radius 3 is 1.73 bits per heavy atom. The molecule has 4 aromatic rings. The fraction of sp³-hybridized carbons (Fsp3) is 0.143. The van der Waals surface area contributed by atoms with Gasteiger partial charge in [0, 0.05) is 22.2 Å². The third-order valence-electron chi connectivity index (χ3n) is 5.23. The van der Waals surface area contributed by atoms with Gasteiger partial charge < -0.3 is 7.58 Å². The lowest BCUT2D eigenvalue weighted by Gasteiger charge is -2.19. The Morgan fingerprint density at radius 2 is 1.27 bits per heavy atom. The second kappa shape index (κ2) is 10.0. The maximum atomic E-state index is 6.61. The Labute approximate surface area is 200 Å². The molecular formula is C28H27AlN2O2. The minimum atomic E-state index is -2.49. The van der Waals surface area contributed by atoms with Gasteiger partial charge in [0.15, 0.2) is 0 Å². The summed E-state index contributed by atoms with van der Waals surface area (Å²) in [5, 5.41) is 2.06. The van der Waals surface area contributed by atoms with Crippen LogP contribution in [-0.2, 0) is 0 Å². The van der Waals surface area contributed by atoms with Gasteiger partial charge in [-0.3, -0.25) is 0 Å². The van der Waals surface area contributed by atoms with Crippen LogP contribution in [0, 0.1) is 13.8 Å². The number of pyridine rings is 2. The van der Waals surface area contributed by atoms with Crippen molar-refractivity contribution in [1.82, 2.24) is 9.97 Å². The molecule has 0 aliphatic carbocycles. The maximum absolute atomic E-state index is 6.61. The van der Waals surface area contributed by atoms with Crippen LogP contribution in [0.4, 0.5) is 0 Å². The van der Waals surface area contributed by atoms with Crippen LogP contribution in [0.3, 0.4) is 0 Å². The predicted molar refractivity (Wildman–Crippen MR) is 138 cm³/mol. The van der Waals surface area contributed by atoms with Crippen molar-refractivity contribution in [2.45, 2.75) is 27.7 Å². The first-order chi connectivity index (χ1) is 15.9. The molecule has 0 saturated heterocycles. The molecule has 2 aromatic carbocycles. The molecular weight excluding hydrogens is 423 g/mol. The average Bonchev–Trinajstić information content (AvgIpc) is 2.80. The quantitative estimate of drug-likeness (QED) is 0.225. The highest BCUT2D eigenvalue weighted by Gasteiger charge is 2.37. The van der Waals surface area contributed by atoms with Gasteiger partial charge in [-0.05, 0) is 56.4 Å². The fourth-order valence-electron chi connectivity index (χ4n) is 3.52. The molecule has 0 radical (unpaired) electrons. The maximum Gasteiger partial charge on any atom is 0.901 e. The Morgan fingerprint density at radius 1 is 0.758 bits per heavy atom. The molecule has 0 aliphatic rings. The third-order valence-corrected chi connectivity index (χ3v) is 7.14. The van der Waals surface area contributed by atoms with E-state index < -0.39 is 14.8 Å². The van der Waals surface area contributed by atoms with Crippen molar-refractivity contribution in [3.63, 3.8) is 0 Å². The predicted octanol–water partition coefficient (Wildman–Crippen LogP) is 6.96. The first kappa shape index (κ1) is 22.8. The molecule has 0 atom stereocenters. The summed E-state index contributed by atoms with van der Waals surface area (Å²) in [5.74, 6) is 1.42. The summed E-state index contributed by atoms with van der Waals surface area (Å²) >= 11 is -2.49. The summed E-state index contributed by atoms with van der Waals surface area (Å²) in [4.78, 5) is 9.46. The zero-order valence-corrected chi connectivity index (χ0v) is 20.7. The Hall–Kier alpha value is -3.39. The lowest BCUT2D eigenvalue weighted by atomic mass is 10.2. The molecule has 5 heteroatoms. The number of para-hydroxylation sites is 2. The topological polar surface area (TPSA) is 44.2 Å². The number of hydrogen-bond acceptors (Lipinski definition) is 4. The summed E-state index contributed by atoms with van der Waals surface area (Å²) < 4.78 is 14.2. The smallest absolute Gasteiger partial charge is 0.607 e. The molecule has 4 rings (SSSR count). The van der Waals surface area contributed by atoms with Gasteiger partial charge in [0.25, 0.3) is 0 Å². The van der Waals surface area contributed by atoms with Crippen molar-refractivity contribution >= 4 is 36.6 Å². The highest BCUT2D eigenvalue weighted by atomic mass is 27.2. The molecule has 0 bridgehead atoms. The van der Waals surface area contributed by atoms with Crippen LogP contribution >= 0.6 is 0 Å². The fourth-order valence-corrected chi connectivity index (χ4v) is 5.13. The number of fused-ring (bicyclic) bond motifs is 2. The van der Waals surface area contributed by atoms with Gasteiger partial charge >= 0.3 is 14.8 Å². The molecule has 2 aromatic heterocycles. The molecule has 2 heterocycles. The highest BCUT2D eigenvalue weighted by Crippen LogP contribution is 2.29. The molecule has 164 valence electrons. The average molecular weight is 451 g/mol. The number of rotatable bonds is 7. The van der Waals surface area contributed by atoms with Crippen LogP contribution in [0.5, 0.6) is 11.5 Å². The standard InChI is InChI=1S/2C10H9NO.C8H11.Al/c2*1-7-5-6-8-3-2-4-9(12)10(8)11-7;1-4-5-6-7-8(2)3;/h2*2-6,12H,1H3;4,6-7H,1H2,2-3H3;/q;;;+2/p-2. The monoisotopic (exact) mass is 450 g/mol. The van der Waals surface area contributed by atoms with Crippen LogP contribution in [0.15, 0.2) is 95.5 Å². The van der Waals surface area contributed by atoms with Crippen LogP contribution < -0.4 is 7.58 Å². The van der Waals surface area contributed by atoms with Gasteiger partial charge in [-0.2, -0.15) is 0 Å². The van der Waals surface area contributed by atoms with E-state index in [0.717, 1.165) is 37.6 Å². The number of aryl methyl sites for hydroxylation is 2. The molecule has 0 aliphatic heterocycles. The largest absolute Gasteiger partial charge is 0.901 e. The van der Waals surface area contributed by atoms with E-state index in [9.17, 15) is 0 Å². The number of benzene rings is 2. The van der Waals surface area contributed by atoms with E-state index in [-0.39, 0.29) is 0 Å². The Balaban J connectivity index is 1.81. The molecule has 0 N–H and O–H groups in total. The molecule has 0 fully saturated rings. The Kier molecular flexibility index (Phi) is 6.94. The zero-order valence-electron chi connectivity index (χ0n) is 19.5. The SMILES string of the molecule is C=C/[C](=C\C=C(C)C)[Al]([O]c1cccc2ccc(C)nc12)[O]c1cccc2ccc(C)nc12. The van der Waals surface area contributed by atoms with E-state index in [1.54, 1.807) is 0 Å². The second-order valence-corrected chi connectivity index (χ2v) is 10.0. The number of nitrogens with zero attached hydrogens (tertiary/aromatic N) is 2. The van der Waals surface area contributed by atoms with Gasteiger partial charge in [0.2, 0.25) is 0 Å². The summed E-state index contributed by atoms with van der Waals surface area (Å²) in [7, 11) is 0. The molecule has 33 heavy (non-hydrogen) atoms. The first-order valence-electron chi connectivity index (χ1n) is 11.0. The molecule has 0 saturated carbocycles. The van der Waals surface area contributed by atoms with Crippen molar-refractivity contribution in [3.8, 4) is 11.5 Å². The van der Waals surface area contributed by atoms with Crippen LogP contribution in [0.1, 0.15) is 25.2 Å². The molecule has 0 amide bonds. The van der Waals surface area contributed by atoms with E-state index in [0.29, 0.717) is 11.5 Å². The van der Waals surface area contributed by atoms with Crippen molar-refractivity contribution in [2.75, 3.05) is 0 Å². The van der Waals surface area contributed by atoms with E-state index in [1.807, 2.05) is 74.5 Å². The first-order valence-corrected chi connectivity index (χ1v) is 12.5. The molecule has 4 nitrogen and oxygen atoms in total. The van der Waals surface area contributed by atoms with Crippen LogP contribution in [-0.4, -0.2) is 24.8 Å². The van der Waals surface area contributed by atoms with Gasteiger partial charge in [0.1, 0.15) is 22.5 Å². The third kappa shape index (κ3) is 5.34.